The van der Waals surface area contributed by atoms with E-state index in [0.717, 1.165) is 43.4 Å². The van der Waals surface area contributed by atoms with Gasteiger partial charge in [0.2, 0.25) is 0 Å². The highest BCUT2D eigenvalue weighted by Gasteiger charge is 2.29. The van der Waals surface area contributed by atoms with E-state index in [1.807, 2.05) is 6.92 Å². The lowest BCUT2D eigenvalue weighted by atomic mass is 10.2. The smallest absolute Gasteiger partial charge is 0.137 e. The molecule has 5 nitrogen and oxygen atoms in total. The minimum absolute atomic E-state index is 0.554. The molecular weight excluding hydrogens is 250 g/mol. The number of piperazine rings is 1. The summed E-state index contributed by atoms with van der Waals surface area (Å²) in [6, 6.07) is 0. The third-order valence-corrected chi connectivity index (χ3v) is 4.33. The van der Waals surface area contributed by atoms with Gasteiger partial charge >= 0.3 is 0 Å². The molecule has 1 saturated carbocycles. The van der Waals surface area contributed by atoms with Gasteiger partial charge in [-0.3, -0.25) is 4.90 Å². The molecule has 5 heteroatoms. The van der Waals surface area contributed by atoms with Crippen LogP contribution in [0.15, 0.2) is 0 Å². The summed E-state index contributed by atoms with van der Waals surface area (Å²) in [5, 5.41) is 0. The zero-order chi connectivity index (χ0) is 14.1. The van der Waals surface area contributed by atoms with Crippen LogP contribution >= 0.6 is 0 Å². The molecule has 0 bridgehead atoms. The summed E-state index contributed by atoms with van der Waals surface area (Å²) < 4.78 is 0. The molecular formula is C15H25N5. The number of hydrogen-bond acceptors (Lipinski definition) is 5. The van der Waals surface area contributed by atoms with E-state index in [9.17, 15) is 0 Å². The molecule has 110 valence electrons. The molecule has 1 saturated heterocycles. The number of rotatable bonds is 4. The number of nitrogen functional groups attached to an aromatic ring is 1. The summed E-state index contributed by atoms with van der Waals surface area (Å²) in [4.78, 5) is 14.2. The van der Waals surface area contributed by atoms with Crippen LogP contribution in [0.2, 0.25) is 0 Å². The first kappa shape index (κ1) is 13.6. The molecule has 0 aromatic carbocycles. The largest absolute Gasteiger partial charge is 0.383 e. The highest BCUT2D eigenvalue weighted by Crippen LogP contribution is 2.39. The molecule has 1 aromatic rings. The van der Waals surface area contributed by atoms with Crippen molar-refractivity contribution in [1.29, 1.82) is 0 Å². The van der Waals surface area contributed by atoms with Gasteiger partial charge in [-0.05, 0) is 32.7 Å². The van der Waals surface area contributed by atoms with E-state index in [4.69, 9.17) is 10.7 Å². The van der Waals surface area contributed by atoms with E-state index in [0.29, 0.717) is 11.7 Å². The summed E-state index contributed by atoms with van der Waals surface area (Å²) in [7, 11) is 0. The lowest BCUT2D eigenvalue weighted by molar-refractivity contribution is 0.258. The van der Waals surface area contributed by atoms with Crippen LogP contribution in [-0.4, -0.2) is 47.6 Å². The molecule has 1 aliphatic carbocycles. The van der Waals surface area contributed by atoms with Gasteiger partial charge in [-0.2, -0.15) is 0 Å². The Labute approximate surface area is 121 Å². The second kappa shape index (κ2) is 5.56. The fourth-order valence-electron chi connectivity index (χ4n) is 2.87. The van der Waals surface area contributed by atoms with E-state index in [2.05, 4.69) is 21.7 Å². The zero-order valence-corrected chi connectivity index (χ0v) is 12.6. The Hall–Kier alpha value is -1.36. The fourth-order valence-corrected chi connectivity index (χ4v) is 2.87. The molecule has 0 amide bonds. The topological polar surface area (TPSA) is 58.3 Å². The number of nitrogens with two attached hydrogens (primary N) is 1. The maximum Gasteiger partial charge on any atom is 0.137 e. The molecule has 0 radical (unpaired) electrons. The van der Waals surface area contributed by atoms with Gasteiger partial charge in [-0.1, -0.05) is 6.92 Å². The highest BCUT2D eigenvalue weighted by molar-refractivity contribution is 5.57. The Kier molecular flexibility index (Phi) is 3.78. The minimum atomic E-state index is 0.554. The van der Waals surface area contributed by atoms with E-state index in [-0.39, 0.29) is 0 Å². The van der Waals surface area contributed by atoms with Crippen molar-refractivity contribution >= 4 is 11.6 Å². The van der Waals surface area contributed by atoms with Gasteiger partial charge in [-0.15, -0.1) is 0 Å². The number of hydrogen-bond donors (Lipinski definition) is 1. The first-order chi connectivity index (χ1) is 9.69. The van der Waals surface area contributed by atoms with Gasteiger partial charge in [0.15, 0.2) is 0 Å². The van der Waals surface area contributed by atoms with Crippen molar-refractivity contribution < 1.29 is 0 Å². The fraction of sp³-hybridized carbons (Fsp3) is 0.733. The summed E-state index contributed by atoms with van der Waals surface area (Å²) in [5.74, 6) is 3.24. The molecule has 1 aromatic heterocycles. The van der Waals surface area contributed by atoms with Crippen LogP contribution in [0.5, 0.6) is 0 Å². The average Bonchev–Trinajstić information content (AvgIpc) is 3.28. The summed E-state index contributed by atoms with van der Waals surface area (Å²) in [5.41, 5.74) is 7.12. The van der Waals surface area contributed by atoms with Crippen molar-refractivity contribution in [2.75, 3.05) is 43.4 Å². The lowest BCUT2D eigenvalue weighted by Gasteiger charge is -2.36. The SMILES string of the molecule is CCCN1CCN(c2nc(C3CC3)nc(N)c2C)CC1. The Balaban J connectivity index is 1.76. The van der Waals surface area contributed by atoms with Crippen molar-refractivity contribution in [3.8, 4) is 0 Å². The number of anilines is 2. The Bertz CT molecular complexity index is 475. The Morgan fingerprint density at radius 2 is 1.85 bits per heavy atom. The molecule has 2 aliphatic rings. The van der Waals surface area contributed by atoms with Crippen LogP contribution in [0.1, 0.15) is 43.5 Å². The molecule has 0 unspecified atom stereocenters. The van der Waals surface area contributed by atoms with Gasteiger partial charge in [0.05, 0.1) is 0 Å². The highest BCUT2D eigenvalue weighted by atomic mass is 15.3. The maximum atomic E-state index is 6.08. The molecule has 2 heterocycles. The van der Waals surface area contributed by atoms with E-state index in [1.54, 1.807) is 0 Å². The first-order valence-corrected chi connectivity index (χ1v) is 7.80. The zero-order valence-electron chi connectivity index (χ0n) is 12.6. The lowest BCUT2D eigenvalue weighted by Crippen LogP contribution is -2.47. The minimum Gasteiger partial charge on any atom is -0.383 e. The molecule has 2 N–H and O–H groups in total. The number of aromatic nitrogens is 2. The first-order valence-electron chi connectivity index (χ1n) is 7.80. The number of nitrogens with zero attached hydrogens (tertiary/aromatic N) is 4. The molecule has 3 rings (SSSR count). The average molecular weight is 275 g/mol. The van der Waals surface area contributed by atoms with E-state index in [1.165, 1.54) is 25.8 Å². The summed E-state index contributed by atoms with van der Waals surface area (Å²) >= 11 is 0. The van der Waals surface area contributed by atoms with Crippen LogP contribution in [0.4, 0.5) is 11.6 Å². The van der Waals surface area contributed by atoms with E-state index >= 15 is 0 Å². The molecule has 0 atom stereocenters. The Morgan fingerprint density at radius 1 is 1.15 bits per heavy atom. The van der Waals surface area contributed by atoms with Crippen molar-refractivity contribution in [3.05, 3.63) is 11.4 Å². The van der Waals surface area contributed by atoms with Crippen molar-refractivity contribution in [1.82, 2.24) is 14.9 Å². The third kappa shape index (κ3) is 2.73. The maximum absolute atomic E-state index is 6.08. The summed E-state index contributed by atoms with van der Waals surface area (Å²) in [6.07, 6.45) is 3.66. The van der Waals surface area contributed by atoms with Crippen LogP contribution < -0.4 is 10.6 Å². The van der Waals surface area contributed by atoms with Crippen LogP contribution in [0.25, 0.3) is 0 Å². The normalized spacial score (nSPS) is 20.4. The van der Waals surface area contributed by atoms with Crippen molar-refractivity contribution in [2.45, 2.75) is 39.0 Å². The molecule has 0 spiro atoms. The van der Waals surface area contributed by atoms with E-state index < -0.39 is 0 Å². The second-order valence-corrected chi connectivity index (χ2v) is 6.02. The molecule has 20 heavy (non-hydrogen) atoms. The third-order valence-electron chi connectivity index (χ3n) is 4.33. The van der Waals surface area contributed by atoms with Crippen molar-refractivity contribution in [3.63, 3.8) is 0 Å². The van der Waals surface area contributed by atoms with Crippen LogP contribution in [0, 0.1) is 6.92 Å². The predicted octanol–water partition coefficient (Wildman–Crippen LogP) is 1.78. The standard InChI is InChI=1S/C15H25N5/c1-3-6-19-7-9-20(10-8-19)15-11(2)13(16)17-14(18-15)12-4-5-12/h12H,3-10H2,1-2H3,(H2,16,17,18). The Morgan fingerprint density at radius 3 is 2.45 bits per heavy atom. The monoisotopic (exact) mass is 275 g/mol. The predicted molar refractivity (Wildman–Crippen MR) is 82.1 cm³/mol. The van der Waals surface area contributed by atoms with Crippen LogP contribution in [-0.2, 0) is 0 Å². The van der Waals surface area contributed by atoms with Gasteiger partial charge < -0.3 is 10.6 Å². The second-order valence-electron chi connectivity index (χ2n) is 6.02. The molecule has 2 fully saturated rings. The van der Waals surface area contributed by atoms with Crippen molar-refractivity contribution in [2.24, 2.45) is 0 Å². The van der Waals surface area contributed by atoms with Gasteiger partial charge in [0, 0.05) is 37.7 Å². The van der Waals surface area contributed by atoms with Gasteiger partial charge in [0.1, 0.15) is 17.5 Å². The quantitative estimate of drug-likeness (QED) is 0.907. The van der Waals surface area contributed by atoms with Gasteiger partial charge in [-0.25, -0.2) is 9.97 Å². The van der Waals surface area contributed by atoms with Crippen LogP contribution in [0.3, 0.4) is 0 Å². The summed E-state index contributed by atoms with van der Waals surface area (Å²) in [6.45, 7) is 9.81. The van der Waals surface area contributed by atoms with Gasteiger partial charge in [0.25, 0.3) is 0 Å². The molecule has 1 aliphatic heterocycles.